The molecule has 80 valence electrons. The summed E-state index contributed by atoms with van der Waals surface area (Å²) in [5.41, 5.74) is 7.38. The van der Waals surface area contributed by atoms with Crippen molar-refractivity contribution in [2.24, 2.45) is 5.73 Å². The molecule has 0 fully saturated rings. The molecular weight excluding hydrogens is 192 g/mol. The fourth-order valence-corrected chi connectivity index (χ4v) is 1.37. The van der Waals surface area contributed by atoms with Gasteiger partial charge in [0.05, 0.1) is 6.54 Å². The topological polar surface area (TPSA) is 72.2 Å². The van der Waals surface area contributed by atoms with Crippen molar-refractivity contribution < 1.29 is 9.59 Å². The van der Waals surface area contributed by atoms with E-state index < -0.39 is 0 Å². The Morgan fingerprint density at radius 2 is 2.07 bits per heavy atom. The zero-order chi connectivity index (χ0) is 11.4. The summed E-state index contributed by atoms with van der Waals surface area (Å²) in [6.07, 6.45) is 0. The molecule has 1 aromatic rings. The predicted molar refractivity (Wildman–Crippen MR) is 58.9 cm³/mol. The maximum Gasteiger partial charge on any atom is 0.221 e. The van der Waals surface area contributed by atoms with Crippen molar-refractivity contribution >= 4 is 17.4 Å². The van der Waals surface area contributed by atoms with Gasteiger partial charge < -0.3 is 11.1 Å². The Morgan fingerprint density at radius 1 is 1.40 bits per heavy atom. The molecular formula is C11H14N2O2. The van der Waals surface area contributed by atoms with E-state index in [1.54, 1.807) is 18.2 Å². The largest absolute Gasteiger partial charge is 0.326 e. The maximum atomic E-state index is 11.4. The highest BCUT2D eigenvalue weighted by molar-refractivity contribution is 5.99. The third-order valence-electron chi connectivity index (χ3n) is 2.03. The van der Waals surface area contributed by atoms with Crippen molar-refractivity contribution in [3.63, 3.8) is 0 Å². The molecule has 0 aliphatic heterocycles. The Morgan fingerprint density at radius 3 is 2.53 bits per heavy atom. The van der Waals surface area contributed by atoms with Gasteiger partial charge >= 0.3 is 0 Å². The first-order valence-corrected chi connectivity index (χ1v) is 4.66. The van der Waals surface area contributed by atoms with E-state index in [2.05, 4.69) is 5.32 Å². The van der Waals surface area contributed by atoms with Crippen molar-refractivity contribution in [3.05, 3.63) is 29.3 Å². The van der Waals surface area contributed by atoms with E-state index in [9.17, 15) is 9.59 Å². The molecule has 0 saturated carbocycles. The highest BCUT2D eigenvalue weighted by Crippen LogP contribution is 2.15. The SMILES string of the molecule is CC(=O)Nc1ccc(C(=O)CN)c(C)c1. The van der Waals surface area contributed by atoms with E-state index >= 15 is 0 Å². The zero-order valence-electron chi connectivity index (χ0n) is 8.83. The van der Waals surface area contributed by atoms with E-state index in [-0.39, 0.29) is 18.2 Å². The first kappa shape index (κ1) is 11.4. The van der Waals surface area contributed by atoms with Crippen LogP contribution in [0.3, 0.4) is 0 Å². The van der Waals surface area contributed by atoms with Crippen molar-refractivity contribution in [1.82, 2.24) is 0 Å². The van der Waals surface area contributed by atoms with Gasteiger partial charge in [0, 0.05) is 18.2 Å². The third kappa shape index (κ3) is 2.89. The molecule has 0 bridgehead atoms. The minimum absolute atomic E-state index is 0.000321. The molecule has 4 nitrogen and oxygen atoms in total. The molecule has 0 aromatic heterocycles. The molecule has 0 heterocycles. The number of amides is 1. The van der Waals surface area contributed by atoms with Crippen LogP contribution < -0.4 is 11.1 Å². The van der Waals surface area contributed by atoms with E-state index in [0.717, 1.165) is 5.56 Å². The number of carbonyl (C=O) groups excluding carboxylic acids is 2. The van der Waals surface area contributed by atoms with Crippen LogP contribution in [0, 0.1) is 6.92 Å². The highest BCUT2D eigenvalue weighted by atomic mass is 16.1. The summed E-state index contributed by atoms with van der Waals surface area (Å²) in [5.74, 6) is -0.228. The number of carbonyl (C=O) groups is 2. The Labute approximate surface area is 88.5 Å². The summed E-state index contributed by atoms with van der Waals surface area (Å²) in [6, 6.07) is 5.12. The van der Waals surface area contributed by atoms with Gasteiger partial charge in [0.25, 0.3) is 0 Å². The lowest BCUT2D eigenvalue weighted by Crippen LogP contribution is -2.15. The average Bonchev–Trinajstić information content (AvgIpc) is 2.16. The number of hydrogen-bond acceptors (Lipinski definition) is 3. The van der Waals surface area contributed by atoms with Gasteiger partial charge in [0.2, 0.25) is 5.91 Å². The number of benzene rings is 1. The molecule has 0 aliphatic rings. The standard InChI is InChI=1S/C11H14N2O2/c1-7-5-9(13-8(2)14)3-4-10(7)11(15)6-12/h3-5H,6,12H2,1-2H3,(H,13,14). The molecule has 4 heteroatoms. The summed E-state index contributed by atoms with van der Waals surface area (Å²) in [6.45, 7) is 3.25. The van der Waals surface area contributed by atoms with Gasteiger partial charge in [0.15, 0.2) is 5.78 Å². The lowest BCUT2D eigenvalue weighted by molar-refractivity contribution is -0.114. The number of rotatable bonds is 3. The van der Waals surface area contributed by atoms with Crippen LogP contribution in [0.4, 0.5) is 5.69 Å². The number of nitrogens with one attached hydrogen (secondary N) is 1. The van der Waals surface area contributed by atoms with Crippen LogP contribution in [0.15, 0.2) is 18.2 Å². The Bertz CT molecular complexity index is 400. The molecule has 1 amide bonds. The van der Waals surface area contributed by atoms with Crippen LogP contribution >= 0.6 is 0 Å². The second-order valence-corrected chi connectivity index (χ2v) is 3.34. The van der Waals surface area contributed by atoms with Gasteiger partial charge in [-0.15, -0.1) is 0 Å². The smallest absolute Gasteiger partial charge is 0.221 e. The first-order valence-electron chi connectivity index (χ1n) is 4.66. The first-order chi connectivity index (χ1) is 7.04. The highest BCUT2D eigenvalue weighted by Gasteiger charge is 2.07. The van der Waals surface area contributed by atoms with Gasteiger partial charge in [0.1, 0.15) is 0 Å². The van der Waals surface area contributed by atoms with E-state index in [1.807, 2.05) is 6.92 Å². The number of anilines is 1. The van der Waals surface area contributed by atoms with Crippen molar-refractivity contribution in [1.29, 1.82) is 0 Å². The molecule has 0 atom stereocenters. The molecule has 0 aliphatic carbocycles. The van der Waals surface area contributed by atoms with Crippen molar-refractivity contribution in [2.45, 2.75) is 13.8 Å². The normalized spacial score (nSPS) is 9.80. The van der Waals surface area contributed by atoms with Crippen LogP contribution in [-0.4, -0.2) is 18.2 Å². The molecule has 3 N–H and O–H groups in total. The summed E-state index contributed by atoms with van der Waals surface area (Å²) in [7, 11) is 0. The molecule has 0 spiro atoms. The molecule has 1 aromatic carbocycles. The van der Waals surface area contributed by atoms with Gasteiger partial charge in [-0.25, -0.2) is 0 Å². The van der Waals surface area contributed by atoms with Gasteiger partial charge in [-0.05, 0) is 30.7 Å². The Kier molecular flexibility index (Phi) is 3.57. The lowest BCUT2D eigenvalue weighted by atomic mass is 10.0. The van der Waals surface area contributed by atoms with Crippen molar-refractivity contribution in [3.8, 4) is 0 Å². The molecule has 0 saturated heterocycles. The maximum absolute atomic E-state index is 11.4. The van der Waals surface area contributed by atoms with Crippen LogP contribution in [0.2, 0.25) is 0 Å². The van der Waals surface area contributed by atoms with Gasteiger partial charge in [-0.3, -0.25) is 9.59 Å². The summed E-state index contributed by atoms with van der Waals surface area (Å²) >= 11 is 0. The monoisotopic (exact) mass is 206 g/mol. The summed E-state index contributed by atoms with van der Waals surface area (Å²) in [5, 5.41) is 2.65. The quantitative estimate of drug-likeness (QED) is 0.727. The minimum Gasteiger partial charge on any atom is -0.326 e. The fraction of sp³-hybridized carbons (Fsp3) is 0.273. The van der Waals surface area contributed by atoms with Gasteiger partial charge in [-0.2, -0.15) is 0 Å². The second-order valence-electron chi connectivity index (χ2n) is 3.34. The Hall–Kier alpha value is -1.68. The van der Waals surface area contributed by atoms with Crippen LogP contribution in [0.5, 0.6) is 0 Å². The summed E-state index contributed by atoms with van der Waals surface area (Å²) in [4.78, 5) is 22.2. The van der Waals surface area contributed by atoms with Gasteiger partial charge in [-0.1, -0.05) is 0 Å². The van der Waals surface area contributed by atoms with Crippen LogP contribution in [-0.2, 0) is 4.79 Å². The number of ketones is 1. The lowest BCUT2D eigenvalue weighted by Gasteiger charge is -2.07. The van der Waals surface area contributed by atoms with E-state index in [1.165, 1.54) is 6.92 Å². The number of aryl methyl sites for hydroxylation is 1. The van der Waals surface area contributed by atoms with E-state index in [4.69, 9.17) is 5.73 Å². The number of nitrogens with two attached hydrogens (primary N) is 1. The summed E-state index contributed by atoms with van der Waals surface area (Å²) < 4.78 is 0. The molecule has 15 heavy (non-hydrogen) atoms. The fourth-order valence-electron chi connectivity index (χ4n) is 1.37. The average molecular weight is 206 g/mol. The number of Topliss-reactive ketones (excluding diaryl/α,β-unsaturated/α-hetero) is 1. The van der Waals surface area contributed by atoms with Crippen molar-refractivity contribution in [2.75, 3.05) is 11.9 Å². The zero-order valence-corrected chi connectivity index (χ0v) is 8.83. The minimum atomic E-state index is -0.132. The molecule has 0 radical (unpaired) electrons. The Balaban J connectivity index is 2.97. The van der Waals surface area contributed by atoms with Crippen LogP contribution in [0.25, 0.3) is 0 Å². The number of hydrogen-bond donors (Lipinski definition) is 2. The van der Waals surface area contributed by atoms with Crippen LogP contribution in [0.1, 0.15) is 22.8 Å². The molecule has 0 unspecified atom stereocenters. The predicted octanol–water partition coefficient (Wildman–Crippen LogP) is 1.09. The second kappa shape index (κ2) is 4.70. The third-order valence-corrected chi connectivity index (χ3v) is 2.03. The molecule has 1 rings (SSSR count). The van der Waals surface area contributed by atoms with E-state index in [0.29, 0.717) is 11.3 Å².